The van der Waals surface area contributed by atoms with Crippen LogP contribution in [0.3, 0.4) is 0 Å². The number of rotatable bonds is 6. The highest BCUT2D eigenvalue weighted by Crippen LogP contribution is 2.32. The fraction of sp³-hybridized carbons (Fsp3) is 0.467. The molecule has 1 aromatic heterocycles. The van der Waals surface area contributed by atoms with E-state index in [0.717, 1.165) is 37.0 Å². The van der Waals surface area contributed by atoms with E-state index in [4.69, 9.17) is 26.8 Å². The number of aliphatic imine (C=N–C) groups is 1. The van der Waals surface area contributed by atoms with Crippen molar-refractivity contribution in [1.29, 1.82) is 0 Å². The van der Waals surface area contributed by atoms with Crippen LogP contribution in [-0.4, -0.2) is 36.6 Å². The maximum Gasteiger partial charge on any atom is 0.132 e. The minimum atomic E-state index is 0.241. The first-order chi connectivity index (χ1) is 10.3. The second-order valence-corrected chi connectivity index (χ2v) is 5.61. The molecule has 2 heterocycles. The second kappa shape index (κ2) is 6.45. The van der Waals surface area contributed by atoms with Crippen LogP contribution in [0.15, 0.2) is 23.5 Å². The molecular formula is C15H18ClN3O2. The van der Waals surface area contributed by atoms with Crippen LogP contribution in [0.4, 0.5) is 0 Å². The Bertz CT molecular complexity index is 566. The lowest BCUT2D eigenvalue weighted by Gasteiger charge is -2.24. The van der Waals surface area contributed by atoms with Crippen LogP contribution in [0.25, 0.3) is 5.57 Å². The Morgan fingerprint density at radius 3 is 2.95 bits per heavy atom. The Hall–Kier alpha value is -1.59. The van der Waals surface area contributed by atoms with E-state index in [1.54, 1.807) is 18.5 Å². The standard InChI is InChI=1S/C15H18ClN3O2/c16-15-5-14(21-11-1-2-11)13(9-19-15)10(6-17)7-18-8-12-3-4-20-12/h5-7,9,11-12H,1-4,8,17H2/b10-6+,18-7?. The van der Waals surface area contributed by atoms with Gasteiger partial charge in [-0.05, 0) is 19.3 Å². The molecule has 1 aromatic rings. The van der Waals surface area contributed by atoms with Gasteiger partial charge in [0.15, 0.2) is 0 Å². The van der Waals surface area contributed by atoms with E-state index < -0.39 is 0 Å². The third kappa shape index (κ3) is 3.74. The number of nitrogens with two attached hydrogens (primary N) is 1. The fourth-order valence-corrected chi connectivity index (χ4v) is 2.14. The van der Waals surface area contributed by atoms with Crippen molar-refractivity contribution >= 4 is 23.4 Å². The number of hydrogen-bond acceptors (Lipinski definition) is 5. The molecule has 5 nitrogen and oxygen atoms in total. The molecule has 2 N–H and O–H groups in total. The number of pyridine rings is 1. The van der Waals surface area contributed by atoms with Gasteiger partial charge in [0, 0.05) is 42.4 Å². The molecule has 1 aliphatic carbocycles. The van der Waals surface area contributed by atoms with E-state index in [9.17, 15) is 0 Å². The molecule has 21 heavy (non-hydrogen) atoms. The predicted molar refractivity (Wildman–Crippen MR) is 82.8 cm³/mol. The normalized spacial score (nSPS) is 22.3. The topological polar surface area (TPSA) is 69.7 Å². The molecular weight excluding hydrogens is 290 g/mol. The van der Waals surface area contributed by atoms with Crippen LogP contribution in [0.5, 0.6) is 5.75 Å². The second-order valence-electron chi connectivity index (χ2n) is 5.22. The quantitative estimate of drug-likeness (QED) is 0.647. The van der Waals surface area contributed by atoms with Gasteiger partial charge in [0.1, 0.15) is 10.9 Å². The van der Waals surface area contributed by atoms with Crippen LogP contribution in [0.1, 0.15) is 24.8 Å². The largest absolute Gasteiger partial charge is 0.490 e. The molecule has 2 aliphatic rings. The summed E-state index contributed by atoms with van der Waals surface area (Å²) in [6, 6.07) is 1.72. The Morgan fingerprint density at radius 1 is 1.52 bits per heavy atom. The van der Waals surface area contributed by atoms with Gasteiger partial charge in [-0.25, -0.2) is 4.98 Å². The van der Waals surface area contributed by atoms with Crippen molar-refractivity contribution in [2.45, 2.75) is 31.5 Å². The van der Waals surface area contributed by atoms with E-state index in [-0.39, 0.29) is 12.2 Å². The first-order valence-electron chi connectivity index (χ1n) is 7.12. The van der Waals surface area contributed by atoms with Crippen molar-refractivity contribution in [3.63, 3.8) is 0 Å². The Balaban J connectivity index is 1.75. The summed E-state index contributed by atoms with van der Waals surface area (Å²) in [5.74, 6) is 0.709. The van der Waals surface area contributed by atoms with Gasteiger partial charge in [-0.3, -0.25) is 4.99 Å². The summed E-state index contributed by atoms with van der Waals surface area (Å²) in [4.78, 5) is 8.49. The first-order valence-corrected chi connectivity index (χ1v) is 7.50. The van der Waals surface area contributed by atoms with Crippen molar-refractivity contribution < 1.29 is 9.47 Å². The highest BCUT2D eigenvalue weighted by atomic mass is 35.5. The number of nitrogens with zero attached hydrogens (tertiary/aromatic N) is 2. The minimum Gasteiger partial charge on any atom is -0.490 e. The Labute approximate surface area is 128 Å². The number of hydrogen-bond donors (Lipinski definition) is 1. The highest BCUT2D eigenvalue weighted by Gasteiger charge is 2.25. The molecule has 1 atom stereocenters. The van der Waals surface area contributed by atoms with Gasteiger partial charge in [-0.2, -0.15) is 0 Å². The number of halogens is 1. The van der Waals surface area contributed by atoms with Crippen molar-refractivity contribution in [2.75, 3.05) is 13.2 Å². The zero-order chi connectivity index (χ0) is 14.7. The zero-order valence-electron chi connectivity index (χ0n) is 11.7. The van der Waals surface area contributed by atoms with Crippen LogP contribution < -0.4 is 10.5 Å². The molecule has 0 aromatic carbocycles. The fourth-order valence-electron chi connectivity index (χ4n) is 1.99. The molecule has 2 fully saturated rings. The predicted octanol–water partition coefficient (Wildman–Crippen LogP) is 2.44. The van der Waals surface area contributed by atoms with Crippen LogP contribution in [0.2, 0.25) is 5.15 Å². The van der Waals surface area contributed by atoms with E-state index in [2.05, 4.69) is 9.98 Å². The van der Waals surface area contributed by atoms with Crippen molar-refractivity contribution in [1.82, 2.24) is 4.98 Å². The lowest BCUT2D eigenvalue weighted by Crippen LogP contribution is -2.29. The van der Waals surface area contributed by atoms with Crippen LogP contribution in [0, 0.1) is 0 Å². The summed E-state index contributed by atoms with van der Waals surface area (Å²) in [5, 5.41) is 0.408. The summed E-state index contributed by atoms with van der Waals surface area (Å²) in [6.07, 6.45) is 8.67. The molecule has 6 heteroatoms. The number of ether oxygens (including phenoxy) is 2. The van der Waals surface area contributed by atoms with E-state index in [0.29, 0.717) is 17.4 Å². The summed E-state index contributed by atoms with van der Waals surface area (Å²) in [6.45, 7) is 1.48. The summed E-state index contributed by atoms with van der Waals surface area (Å²) < 4.78 is 11.2. The smallest absolute Gasteiger partial charge is 0.132 e. The highest BCUT2D eigenvalue weighted by molar-refractivity contribution is 6.29. The van der Waals surface area contributed by atoms with Gasteiger partial charge >= 0.3 is 0 Å². The zero-order valence-corrected chi connectivity index (χ0v) is 12.4. The number of allylic oxidation sites excluding steroid dienone is 1. The number of aromatic nitrogens is 1. The molecule has 1 saturated carbocycles. The molecule has 0 amide bonds. The Kier molecular flexibility index (Phi) is 4.41. The third-order valence-corrected chi connectivity index (χ3v) is 3.68. The summed E-state index contributed by atoms with van der Waals surface area (Å²) >= 11 is 5.95. The summed E-state index contributed by atoms with van der Waals surface area (Å²) in [5.41, 5.74) is 7.31. The molecule has 112 valence electrons. The maximum absolute atomic E-state index is 5.95. The molecule has 1 aliphatic heterocycles. The van der Waals surface area contributed by atoms with Crippen molar-refractivity contribution in [2.24, 2.45) is 10.7 Å². The van der Waals surface area contributed by atoms with Gasteiger partial charge in [-0.15, -0.1) is 0 Å². The van der Waals surface area contributed by atoms with Gasteiger partial charge in [0.05, 0.1) is 18.8 Å². The third-order valence-electron chi connectivity index (χ3n) is 3.47. The average molecular weight is 308 g/mol. The van der Waals surface area contributed by atoms with Crippen molar-refractivity contribution in [3.8, 4) is 5.75 Å². The lowest BCUT2D eigenvalue weighted by molar-refractivity contribution is -0.0431. The monoisotopic (exact) mass is 307 g/mol. The molecule has 0 radical (unpaired) electrons. The van der Waals surface area contributed by atoms with E-state index in [1.165, 1.54) is 6.20 Å². The van der Waals surface area contributed by atoms with E-state index >= 15 is 0 Å². The molecule has 1 saturated heterocycles. The van der Waals surface area contributed by atoms with Gasteiger partial charge in [0.2, 0.25) is 0 Å². The molecule has 1 unspecified atom stereocenters. The van der Waals surface area contributed by atoms with Crippen LogP contribution in [-0.2, 0) is 4.74 Å². The maximum atomic E-state index is 5.95. The SMILES string of the molecule is N/C=C(\C=NCC1CCO1)c1cnc(Cl)cc1OC1CC1. The lowest BCUT2D eigenvalue weighted by atomic mass is 10.1. The van der Waals surface area contributed by atoms with Crippen molar-refractivity contribution in [3.05, 3.63) is 29.2 Å². The van der Waals surface area contributed by atoms with Gasteiger partial charge in [-0.1, -0.05) is 11.6 Å². The average Bonchev–Trinajstić information content (AvgIpc) is 3.22. The summed E-state index contributed by atoms with van der Waals surface area (Å²) in [7, 11) is 0. The van der Waals surface area contributed by atoms with Gasteiger partial charge in [0.25, 0.3) is 0 Å². The molecule has 0 spiro atoms. The van der Waals surface area contributed by atoms with Crippen LogP contribution >= 0.6 is 11.6 Å². The molecule has 3 rings (SSSR count). The Morgan fingerprint density at radius 2 is 2.33 bits per heavy atom. The minimum absolute atomic E-state index is 0.241. The molecule has 0 bridgehead atoms. The van der Waals surface area contributed by atoms with Gasteiger partial charge < -0.3 is 15.2 Å². The first kappa shape index (κ1) is 14.4. The van der Waals surface area contributed by atoms with E-state index in [1.807, 2.05) is 0 Å².